The zero-order chi connectivity index (χ0) is 12.0. The molecule has 0 unspecified atom stereocenters. The Morgan fingerprint density at radius 1 is 1.38 bits per heavy atom. The third-order valence-corrected chi connectivity index (χ3v) is 2.67. The van der Waals surface area contributed by atoms with Crippen LogP contribution in [0.3, 0.4) is 0 Å². The van der Waals surface area contributed by atoms with Crippen LogP contribution in [-0.2, 0) is 0 Å². The molecule has 2 nitrogen and oxygen atoms in total. The van der Waals surface area contributed by atoms with Gasteiger partial charge in [-0.1, -0.05) is 25.4 Å². The van der Waals surface area contributed by atoms with Crippen LogP contribution in [0.5, 0.6) is 5.75 Å². The van der Waals surface area contributed by atoms with Gasteiger partial charge in [-0.3, -0.25) is 0 Å². The summed E-state index contributed by atoms with van der Waals surface area (Å²) in [6.45, 7) is 5.43. The standard InChI is InChI=1S/C13H20ClNO/c1-10(2)5-4-8-15-12-9-11(14)6-7-13(12)16-3/h6-7,9-10,15H,4-5,8H2,1-3H3. The van der Waals surface area contributed by atoms with Gasteiger partial charge in [-0.15, -0.1) is 0 Å². The van der Waals surface area contributed by atoms with E-state index in [2.05, 4.69) is 19.2 Å². The van der Waals surface area contributed by atoms with E-state index < -0.39 is 0 Å². The fourth-order valence-corrected chi connectivity index (χ4v) is 1.72. The summed E-state index contributed by atoms with van der Waals surface area (Å²) in [7, 11) is 1.67. The molecule has 0 aliphatic heterocycles. The maximum Gasteiger partial charge on any atom is 0.142 e. The van der Waals surface area contributed by atoms with Crippen LogP contribution < -0.4 is 10.1 Å². The number of hydrogen-bond acceptors (Lipinski definition) is 2. The first-order valence-corrected chi connectivity index (χ1v) is 6.08. The average Bonchev–Trinajstić information content (AvgIpc) is 2.24. The van der Waals surface area contributed by atoms with E-state index in [4.69, 9.17) is 16.3 Å². The van der Waals surface area contributed by atoms with Crippen LogP contribution in [0.1, 0.15) is 26.7 Å². The van der Waals surface area contributed by atoms with E-state index in [1.807, 2.05) is 18.2 Å². The van der Waals surface area contributed by atoms with Crippen LogP contribution in [0, 0.1) is 5.92 Å². The first-order valence-electron chi connectivity index (χ1n) is 5.71. The number of hydrogen-bond donors (Lipinski definition) is 1. The summed E-state index contributed by atoms with van der Waals surface area (Å²) in [5.74, 6) is 1.59. The third-order valence-electron chi connectivity index (χ3n) is 2.44. The molecule has 0 atom stereocenters. The molecule has 0 aliphatic carbocycles. The Kier molecular flexibility index (Phi) is 5.47. The third kappa shape index (κ3) is 4.31. The minimum Gasteiger partial charge on any atom is -0.495 e. The van der Waals surface area contributed by atoms with Crippen molar-refractivity contribution in [2.75, 3.05) is 19.0 Å². The lowest BCUT2D eigenvalue weighted by Gasteiger charge is -2.12. The van der Waals surface area contributed by atoms with Crippen molar-refractivity contribution >= 4 is 17.3 Å². The van der Waals surface area contributed by atoms with Gasteiger partial charge in [0.15, 0.2) is 0 Å². The van der Waals surface area contributed by atoms with Crippen molar-refractivity contribution in [2.24, 2.45) is 5.92 Å². The number of nitrogens with one attached hydrogen (secondary N) is 1. The SMILES string of the molecule is COc1ccc(Cl)cc1NCCCC(C)C. The smallest absolute Gasteiger partial charge is 0.142 e. The van der Waals surface area contributed by atoms with Gasteiger partial charge in [0.05, 0.1) is 12.8 Å². The molecule has 1 aromatic carbocycles. The molecule has 90 valence electrons. The molecule has 0 spiro atoms. The highest BCUT2D eigenvalue weighted by molar-refractivity contribution is 6.30. The Bertz CT molecular complexity index is 326. The molecule has 1 rings (SSSR count). The van der Waals surface area contributed by atoms with Crippen LogP contribution in [0.25, 0.3) is 0 Å². The van der Waals surface area contributed by atoms with E-state index in [9.17, 15) is 0 Å². The summed E-state index contributed by atoms with van der Waals surface area (Å²) >= 11 is 5.94. The van der Waals surface area contributed by atoms with Gasteiger partial charge in [0.2, 0.25) is 0 Å². The van der Waals surface area contributed by atoms with Crippen LogP contribution in [-0.4, -0.2) is 13.7 Å². The summed E-state index contributed by atoms with van der Waals surface area (Å²) < 4.78 is 5.26. The Labute approximate surface area is 103 Å². The highest BCUT2D eigenvalue weighted by Crippen LogP contribution is 2.27. The van der Waals surface area contributed by atoms with E-state index >= 15 is 0 Å². The second kappa shape index (κ2) is 6.64. The van der Waals surface area contributed by atoms with Gasteiger partial charge < -0.3 is 10.1 Å². The molecule has 0 aromatic heterocycles. The molecule has 16 heavy (non-hydrogen) atoms. The van der Waals surface area contributed by atoms with Crippen molar-refractivity contribution in [1.82, 2.24) is 0 Å². The molecule has 0 fully saturated rings. The molecule has 0 aliphatic rings. The van der Waals surface area contributed by atoms with Gasteiger partial charge in [-0.2, -0.15) is 0 Å². The Morgan fingerprint density at radius 2 is 2.12 bits per heavy atom. The van der Waals surface area contributed by atoms with Crippen molar-refractivity contribution in [3.63, 3.8) is 0 Å². The molecule has 0 heterocycles. The van der Waals surface area contributed by atoms with E-state index in [0.717, 1.165) is 35.3 Å². The van der Waals surface area contributed by atoms with Crippen LogP contribution in [0.15, 0.2) is 18.2 Å². The first kappa shape index (κ1) is 13.2. The Morgan fingerprint density at radius 3 is 2.75 bits per heavy atom. The van der Waals surface area contributed by atoms with Crippen molar-refractivity contribution in [3.05, 3.63) is 23.2 Å². The molecule has 0 amide bonds. The minimum atomic E-state index is 0.729. The topological polar surface area (TPSA) is 21.3 Å². The summed E-state index contributed by atoms with van der Waals surface area (Å²) in [6.07, 6.45) is 2.39. The molecular weight excluding hydrogens is 222 g/mol. The molecular formula is C13H20ClNO. The normalized spacial score (nSPS) is 10.6. The zero-order valence-corrected chi connectivity index (χ0v) is 11.0. The van der Waals surface area contributed by atoms with E-state index in [-0.39, 0.29) is 0 Å². The fraction of sp³-hybridized carbons (Fsp3) is 0.538. The summed E-state index contributed by atoms with van der Waals surface area (Å²) in [5.41, 5.74) is 0.971. The van der Waals surface area contributed by atoms with Crippen LogP contribution in [0.4, 0.5) is 5.69 Å². The van der Waals surface area contributed by atoms with Crippen molar-refractivity contribution in [2.45, 2.75) is 26.7 Å². The number of ether oxygens (including phenoxy) is 1. The molecule has 1 N–H and O–H groups in total. The molecule has 0 bridgehead atoms. The lowest BCUT2D eigenvalue weighted by atomic mass is 10.1. The summed E-state index contributed by atoms with van der Waals surface area (Å²) in [6, 6.07) is 5.61. The monoisotopic (exact) mass is 241 g/mol. The molecule has 1 aromatic rings. The average molecular weight is 242 g/mol. The number of anilines is 1. The predicted molar refractivity (Wildman–Crippen MR) is 70.6 cm³/mol. The Balaban J connectivity index is 2.48. The lowest BCUT2D eigenvalue weighted by molar-refractivity contribution is 0.416. The Hall–Kier alpha value is -0.890. The fourth-order valence-electron chi connectivity index (χ4n) is 1.55. The highest BCUT2D eigenvalue weighted by Gasteiger charge is 2.03. The van der Waals surface area contributed by atoms with Crippen LogP contribution >= 0.6 is 11.6 Å². The zero-order valence-electron chi connectivity index (χ0n) is 10.2. The predicted octanol–water partition coefficient (Wildman–Crippen LogP) is 4.20. The summed E-state index contributed by atoms with van der Waals surface area (Å²) in [4.78, 5) is 0. The number of benzene rings is 1. The second-order valence-corrected chi connectivity index (χ2v) is 4.74. The van der Waals surface area contributed by atoms with E-state index in [1.165, 1.54) is 6.42 Å². The van der Waals surface area contributed by atoms with Gasteiger partial charge in [0.25, 0.3) is 0 Å². The molecule has 3 heteroatoms. The molecule has 0 saturated carbocycles. The largest absolute Gasteiger partial charge is 0.495 e. The van der Waals surface area contributed by atoms with Crippen LogP contribution in [0.2, 0.25) is 5.02 Å². The van der Waals surface area contributed by atoms with E-state index in [0.29, 0.717) is 0 Å². The highest BCUT2D eigenvalue weighted by atomic mass is 35.5. The summed E-state index contributed by atoms with van der Waals surface area (Å²) in [5, 5.41) is 4.08. The minimum absolute atomic E-state index is 0.729. The quantitative estimate of drug-likeness (QED) is 0.754. The van der Waals surface area contributed by atoms with Gasteiger partial charge in [-0.25, -0.2) is 0 Å². The lowest BCUT2D eigenvalue weighted by Crippen LogP contribution is -2.04. The number of halogens is 1. The van der Waals surface area contributed by atoms with Gasteiger partial charge >= 0.3 is 0 Å². The second-order valence-electron chi connectivity index (χ2n) is 4.31. The number of methoxy groups -OCH3 is 1. The number of rotatable bonds is 6. The van der Waals surface area contributed by atoms with Crippen molar-refractivity contribution in [3.8, 4) is 5.75 Å². The van der Waals surface area contributed by atoms with Crippen molar-refractivity contribution in [1.29, 1.82) is 0 Å². The van der Waals surface area contributed by atoms with Gasteiger partial charge in [-0.05, 0) is 37.0 Å². The molecule has 0 radical (unpaired) electrons. The maximum atomic E-state index is 5.94. The first-order chi connectivity index (χ1) is 7.63. The van der Waals surface area contributed by atoms with Gasteiger partial charge in [0.1, 0.15) is 5.75 Å². The molecule has 0 saturated heterocycles. The van der Waals surface area contributed by atoms with E-state index in [1.54, 1.807) is 7.11 Å². The van der Waals surface area contributed by atoms with Gasteiger partial charge in [0, 0.05) is 11.6 Å². The van der Waals surface area contributed by atoms with Crippen molar-refractivity contribution < 1.29 is 4.74 Å². The maximum absolute atomic E-state index is 5.94.